The SMILES string of the molecule is C[NH+](C)C.C[NH+](C)C.[Cl-].[OH-]. The lowest BCUT2D eigenvalue weighted by Gasteiger charge is -1.88. The van der Waals surface area contributed by atoms with Crippen LogP contribution >= 0.6 is 0 Å². The van der Waals surface area contributed by atoms with Gasteiger partial charge in [-0.05, 0) is 0 Å². The first-order valence-corrected chi connectivity index (χ1v) is 3.00. The average molecular weight is 173 g/mol. The third-order valence-electron chi connectivity index (χ3n) is 0. The number of rotatable bonds is 0. The van der Waals surface area contributed by atoms with Crippen molar-refractivity contribution in [3.05, 3.63) is 0 Å². The van der Waals surface area contributed by atoms with Crippen LogP contribution in [0.1, 0.15) is 0 Å². The number of quaternary nitrogens is 2. The van der Waals surface area contributed by atoms with Gasteiger partial charge in [-0.1, -0.05) is 0 Å². The summed E-state index contributed by atoms with van der Waals surface area (Å²) in [5, 5.41) is 0. The second kappa shape index (κ2) is 16.1. The van der Waals surface area contributed by atoms with Crippen LogP contribution < -0.4 is 22.2 Å². The molecule has 0 rings (SSSR count). The highest BCUT2D eigenvalue weighted by atomic mass is 35.5. The minimum atomic E-state index is 0. The van der Waals surface area contributed by atoms with Gasteiger partial charge in [0, 0.05) is 0 Å². The summed E-state index contributed by atoms with van der Waals surface area (Å²) in [6, 6.07) is 0. The maximum Gasteiger partial charge on any atom is 0.0661 e. The molecule has 0 bridgehead atoms. The second-order valence-electron chi connectivity index (χ2n) is 3.00. The topological polar surface area (TPSA) is 38.9 Å². The third-order valence-corrected chi connectivity index (χ3v) is 0. The van der Waals surface area contributed by atoms with Crippen molar-refractivity contribution in [1.82, 2.24) is 0 Å². The van der Waals surface area contributed by atoms with Gasteiger partial charge in [0.2, 0.25) is 0 Å². The summed E-state index contributed by atoms with van der Waals surface area (Å²) in [6.07, 6.45) is 0. The van der Waals surface area contributed by atoms with E-state index in [1.165, 1.54) is 9.80 Å². The Hall–Kier alpha value is 0.170. The molecule has 10 heavy (non-hydrogen) atoms. The fourth-order valence-corrected chi connectivity index (χ4v) is 0. The molecule has 0 atom stereocenters. The lowest BCUT2D eigenvalue weighted by Crippen LogP contribution is -3.02. The summed E-state index contributed by atoms with van der Waals surface area (Å²) in [6.45, 7) is 0. The highest BCUT2D eigenvalue weighted by Gasteiger charge is 1.61. The molecule has 0 amide bonds. The van der Waals surface area contributed by atoms with Crippen molar-refractivity contribution < 1.29 is 27.7 Å². The average Bonchev–Trinajstić information content (AvgIpc) is 1.25. The number of hydrogen-bond acceptors (Lipinski definition) is 1. The quantitative estimate of drug-likeness (QED) is 0.376. The van der Waals surface area contributed by atoms with Gasteiger partial charge < -0.3 is 27.7 Å². The van der Waals surface area contributed by atoms with Gasteiger partial charge in [0.25, 0.3) is 0 Å². The summed E-state index contributed by atoms with van der Waals surface area (Å²) in [5.41, 5.74) is 0. The monoisotopic (exact) mass is 172 g/mol. The molecule has 3 N–H and O–H groups in total. The summed E-state index contributed by atoms with van der Waals surface area (Å²) < 4.78 is 0. The maximum absolute atomic E-state index is 2.08. The van der Waals surface area contributed by atoms with Crippen LogP contribution in [0.3, 0.4) is 0 Å². The van der Waals surface area contributed by atoms with E-state index >= 15 is 0 Å². The zero-order chi connectivity index (χ0) is 7.15. The van der Waals surface area contributed by atoms with E-state index < -0.39 is 0 Å². The van der Waals surface area contributed by atoms with Crippen molar-refractivity contribution in [3.63, 3.8) is 0 Å². The molecule has 0 heterocycles. The van der Waals surface area contributed by atoms with Crippen molar-refractivity contribution in [1.29, 1.82) is 0 Å². The zero-order valence-electron chi connectivity index (χ0n) is 7.83. The van der Waals surface area contributed by atoms with Crippen molar-refractivity contribution in [2.75, 3.05) is 42.3 Å². The second-order valence-corrected chi connectivity index (χ2v) is 3.00. The molecule has 0 aromatic heterocycles. The first-order chi connectivity index (χ1) is 3.46. The van der Waals surface area contributed by atoms with Crippen LogP contribution in [0.5, 0.6) is 0 Å². The normalized spacial score (nSPS) is 7.20. The Balaban J connectivity index is -0.0000000300. The first-order valence-electron chi connectivity index (χ1n) is 3.00. The lowest BCUT2D eigenvalue weighted by atomic mass is 11.0. The predicted octanol–water partition coefficient (Wildman–Crippen LogP) is -5.65. The molecule has 68 valence electrons. The molecule has 0 saturated heterocycles. The van der Waals surface area contributed by atoms with Gasteiger partial charge in [-0.3, -0.25) is 0 Å². The van der Waals surface area contributed by atoms with Crippen LogP contribution in [-0.4, -0.2) is 47.8 Å². The summed E-state index contributed by atoms with van der Waals surface area (Å²) in [4.78, 5) is 2.83. The van der Waals surface area contributed by atoms with Gasteiger partial charge in [0.1, 0.15) is 0 Å². The van der Waals surface area contributed by atoms with E-state index in [0.29, 0.717) is 0 Å². The van der Waals surface area contributed by atoms with Gasteiger partial charge in [0.15, 0.2) is 0 Å². The Bertz CT molecular complexity index is 31.2. The minimum absolute atomic E-state index is 0. The minimum Gasteiger partial charge on any atom is -1.00 e. The molecule has 3 nitrogen and oxygen atoms in total. The lowest BCUT2D eigenvalue weighted by molar-refractivity contribution is -0.836. The van der Waals surface area contributed by atoms with Gasteiger partial charge in [-0.2, -0.15) is 0 Å². The van der Waals surface area contributed by atoms with Crippen molar-refractivity contribution in [2.45, 2.75) is 0 Å². The molecule has 0 radical (unpaired) electrons. The van der Waals surface area contributed by atoms with Crippen molar-refractivity contribution in [2.24, 2.45) is 0 Å². The largest absolute Gasteiger partial charge is 1.00 e. The van der Waals surface area contributed by atoms with Crippen LogP contribution in [0.25, 0.3) is 0 Å². The third kappa shape index (κ3) is 14500. The molecule has 0 aromatic carbocycles. The Morgan fingerprint density at radius 3 is 0.600 bits per heavy atom. The zero-order valence-corrected chi connectivity index (χ0v) is 8.58. The van der Waals surface area contributed by atoms with Gasteiger partial charge >= 0.3 is 0 Å². The van der Waals surface area contributed by atoms with E-state index in [1.54, 1.807) is 0 Å². The Kier molecular flexibility index (Phi) is 36.1. The van der Waals surface area contributed by atoms with E-state index in [0.717, 1.165) is 0 Å². The standard InChI is InChI=1S/2C3H9N.ClH.H2O/c2*1-4(2)3;;/h2*1-3H3;1H;1H2. The predicted molar refractivity (Wildman–Crippen MR) is 39.4 cm³/mol. The molecule has 4 heteroatoms. The maximum atomic E-state index is 2.08. The summed E-state index contributed by atoms with van der Waals surface area (Å²) in [5.74, 6) is 0. The van der Waals surface area contributed by atoms with Gasteiger partial charge in [-0.15, -0.1) is 0 Å². The molecule has 0 aliphatic heterocycles. The van der Waals surface area contributed by atoms with E-state index in [-0.39, 0.29) is 17.9 Å². The molecule has 0 aromatic rings. The molecule has 0 saturated carbocycles. The number of hydrogen-bond donors (Lipinski definition) is 2. The molecular weight excluding hydrogens is 152 g/mol. The Morgan fingerprint density at radius 2 is 0.600 bits per heavy atom. The molecule has 0 fully saturated rings. The number of halogens is 1. The Morgan fingerprint density at radius 1 is 0.600 bits per heavy atom. The van der Waals surface area contributed by atoms with E-state index in [4.69, 9.17) is 0 Å². The molecular formula is C6H21ClN2O. The molecule has 0 spiro atoms. The molecule has 0 aliphatic rings. The van der Waals surface area contributed by atoms with E-state index in [2.05, 4.69) is 42.3 Å². The van der Waals surface area contributed by atoms with E-state index in [1.807, 2.05) is 0 Å². The van der Waals surface area contributed by atoms with Crippen LogP contribution in [0, 0.1) is 0 Å². The van der Waals surface area contributed by atoms with Crippen LogP contribution in [0.2, 0.25) is 0 Å². The highest BCUT2D eigenvalue weighted by molar-refractivity contribution is 3.59. The van der Waals surface area contributed by atoms with E-state index in [9.17, 15) is 0 Å². The van der Waals surface area contributed by atoms with Crippen LogP contribution in [-0.2, 0) is 0 Å². The fraction of sp³-hybridized carbons (Fsp3) is 1.00. The summed E-state index contributed by atoms with van der Waals surface area (Å²) >= 11 is 0. The fourth-order valence-electron chi connectivity index (χ4n) is 0. The first kappa shape index (κ1) is 22.5. The number of nitrogens with one attached hydrogen (secondary N) is 2. The molecule has 0 aliphatic carbocycles. The van der Waals surface area contributed by atoms with Gasteiger partial charge in [0.05, 0.1) is 42.3 Å². The smallest absolute Gasteiger partial charge is 0.0661 e. The summed E-state index contributed by atoms with van der Waals surface area (Å²) in [7, 11) is 12.5. The van der Waals surface area contributed by atoms with Gasteiger partial charge in [-0.25, -0.2) is 0 Å². The van der Waals surface area contributed by atoms with Crippen molar-refractivity contribution >= 4 is 0 Å². The molecule has 0 unspecified atom stereocenters. The van der Waals surface area contributed by atoms with Crippen LogP contribution in [0.4, 0.5) is 0 Å². The van der Waals surface area contributed by atoms with Crippen molar-refractivity contribution in [3.8, 4) is 0 Å². The van der Waals surface area contributed by atoms with Crippen LogP contribution in [0.15, 0.2) is 0 Å². The highest BCUT2D eigenvalue weighted by Crippen LogP contribution is 0.868. The Labute approximate surface area is 70.7 Å².